The third-order valence-corrected chi connectivity index (χ3v) is 3.86. The number of benzene rings is 1. The summed E-state index contributed by atoms with van der Waals surface area (Å²) in [6.45, 7) is 5.85. The Kier molecular flexibility index (Phi) is 5.17. The fraction of sp³-hybridized carbons (Fsp3) is 0.500. The highest BCUT2D eigenvalue weighted by atomic mass is 16.6. The fourth-order valence-corrected chi connectivity index (χ4v) is 2.87. The van der Waals surface area contributed by atoms with Gasteiger partial charge in [-0.05, 0) is 32.8 Å². The van der Waals surface area contributed by atoms with Gasteiger partial charge in [0.05, 0.1) is 18.0 Å². The molecule has 2 rings (SSSR count). The highest BCUT2D eigenvalue weighted by Gasteiger charge is 2.46. The molecule has 23 heavy (non-hydrogen) atoms. The van der Waals surface area contributed by atoms with E-state index in [2.05, 4.69) is 6.07 Å². The first-order valence-corrected chi connectivity index (χ1v) is 7.73. The summed E-state index contributed by atoms with van der Waals surface area (Å²) in [4.78, 5) is 25.8. The molecule has 0 saturated carbocycles. The fourth-order valence-electron chi connectivity index (χ4n) is 2.87. The van der Waals surface area contributed by atoms with Gasteiger partial charge in [0.25, 0.3) is 0 Å². The van der Waals surface area contributed by atoms with Crippen LogP contribution in [-0.4, -0.2) is 34.8 Å². The lowest BCUT2D eigenvalue weighted by Gasteiger charge is -2.29. The predicted octanol–water partition coefficient (Wildman–Crippen LogP) is 2.31. The second-order valence-corrected chi connectivity index (χ2v) is 6.81. The third-order valence-electron chi connectivity index (χ3n) is 3.86. The lowest BCUT2D eigenvalue weighted by Crippen LogP contribution is -2.44. The molecule has 0 amide bonds. The van der Waals surface area contributed by atoms with Crippen molar-refractivity contribution in [2.75, 3.05) is 0 Å². The van der Waals surface area contributed by atoms with Crippen molar-refractivity contribution in [1.82, 2.24) is 4.90 Å². The van der Waals surface area contributed by atoms with E-state index in [0.29, 0.717) is 13.0 Å². The summed E-state index contributed by atoms with van der Waals surface area (Å²) in [5.41, 5.74) is 0.392. The number of esters is 1. The van der Waals surface area contributed by atoms with E-state index in [9.17, 15) is 14.9 Å². The van der Waals surface area contributed by atoms with Crippen LogP contribution in [0.1, 0.15) is 32.8 Å². The number of likely N-dealkylation sites (tertiary alicyclic amines) is 1. The lowest BCUT2D eigenvalue weighted by molar-refractivity contribution is -0.161. The van der Waals surface area contributed by atoms with Gasteiger partial charge in [0, 0.05) is 6.54 Å². The van der Waals surface area contributed by atoms with Gasteiger partial charge in [0.1, 0.15) is 17.9 Å². The summed E-state index contributed by atoms with van der Waals surface area (Å²) in [7, 11) is 0. The SMILES string of the molecule is CC(C)(C)OC(=O)[C@H]1C[C@@H](C#N)[C@@H](C=O)N1Cc1ccccc1. The summed E-state index contributed by atoms with van der Waals surface area (Å²) in [5.74, 6) is -0.869. The van der Waals surface area contributed by atoms with Gasteiger partial charge in [-0.3, -0.25) is 9.69 Å². The molecular weight excluding hydrogens is 292 g/mol. The van der Waals surface area contributed by atoms with E-state index in [1.807, 2.05) is 30.3 Å². The van der Waals surface area contributed by atoms with Crippen molar-refractivity contribution in [2.45, 2.75) is 51.4 Å². The third kappa shape index (κ3) is 4.17. The number of nitriles is 1. The normalized spacial score (nSPS) is 24.9. The van der Waals surface area contributed by atoms with E-state index >= 15 is 0 Å². The van der Waals surface area contributed by atoms with Crippen LogP contribution in [0.15, 0.2) is 30.3 Å². The Morgan fingerprint density at radius 1 is 1.39 bits per heavy atom. The number of hydrogen-bond donors (Lipinski definition) is 0. The van der Waals surface area contributed by atoms with Crippen LogP contribution in [0.2, 0.25) is 0 Å². The number of nitrogens with zero attached hydrogens (tertiary/aromatic N) is 2. The van der Waals surface area contributed by atoms with E-state index in [-0.39, 0.29) is 5.97 Å². The Morgan fingerprint density at radius 2 is 2.04 bits per heavy atom. The largest absolute Gasteiger partial charge is 0.459 e. The highest BCUT2D eigenvalue weighted by molar-refractivity contribution is 5.78. The molecule has 5 heteroatoms. The summed E-state index contributed by atoms with van der Waals surface area (Å²) in [6, 6.07) is 10.6. The maximum absolute atomic E-state index is 12.5. The molecule has 1 saturated heterocycles. The molecule has 0 spiro atoms. The molecule has 1 aromatic rings. The molecule has 5 nitrogen and oxygen atoms in total. The van der Waals surface area contributed by atoms with Crippen LogP contribution in [0.5, 0.6) is 0 Å². The van der Waals surface area contributed by atoms with Crippen molar-refractivity contribution < 1.29 is 14.3 Å². The number of carbonyl (C=O) groups is 2. The smallest absolute Gasteiger partial charge is 0.323 e. The zero-order chi connectivity index (χ0) is 17.0. The lowest BCUT2D eigenvalue weighted by atomic mass is 10.0. The van der Waals surface area contributed by atoms with Crippen LogP contribution in [0, 0.1) is 17.2 Å². The minimum Gasteiger partial charge on any atom is -0.459 e. The maximum Gasteiger partial charge on any atom is 0.323 e. The van der Waals surface area contributed by atoms with Gasteiger partial charge in [-0.2, -0.15) is 5.26 Å². The number of hydrogen-bond acceptors (Lipinski definition) is 5. The molecule has 3 atom stereocenters. The summed E-state index contributed by atoms with van der Waals surface area (Å²) < 4.78 is 5.47. The van der Waals surface area contributed by atoms with E-state index in [0.717, 1.165) is 11.8 Å². The molecule has 122 valence electrons. The Morgan fingerprint density at radius 3 is 2.57 bits per heavy atom. The van der Waals surface area contributed by atoms with Gasteiger partial charge < -0.3 is 9.53 Å². The molecule has 0 N–H and O–H groups in total. The van der Waals surface area contributed by atoms with Crippen molar-refractivity contribution >= 4 is 12.3 Å². The Hall–Kier alpha value is -2.19. The number of aldehydes is 1. The molecule has 1 aliphatic heterocycles. The molecule has 0 aromatic heterocycles. The van der Waals surface area contributed by atoms with Crippen molar-refractivity contribution in [1.29, 1.82) is 5.26 Å². The molecule has 0 unspecified atom stereocenters. The molecule has 0 bridgehead atoms. The van der Waals surface area contributed by atoms with Crippen LogP contribution < -0.4 is 0 Å². The van der Waals surface area contributed by atoms with Gasteiger partial charge in [-0.25, -0.2) is 0 Å². The van der Waals surface area contributed by atoms with Gasteiger partial charge >= 0.3 is 5.97 Å². The van der Waals surface area contributed by atoms with Crippen LogP contribution in [0.25, 0.3) is 0 Å². The summed E-state index contributed by atoms with van der Waals surface area (Å²) >= 11 is 0. The maximum atomic E-state index is 12.5. The number of ether oxygens (including phenoxy) is 1. The van der Waals surface area contributed by atoms with Crippen molar-refractivity contribution in [3.8, 4) is 6.07 Å². The van der Waals surface area contributed by atoms with Crippen LogP contribution in [0.3, 0.4) is 0 Å². The number of rotatable bonds is 4. The average Bonchev–Trinajstić information content (AvgIpc) is 2.84. The van der Waals surface area contributed by atoms with Gasteiger partial charge in [-0.15, -0.1) is 0 Å². The first kappa shape index (κ1) is 17.2. The Bertz CT molecular complexity index is 601. The Balaban J connectivity index is 2.25. The minimum absolute atomic E-state index is 0.321. The van der Waals surface area contributed by atoms with Crippen LogP contribution >= 0.6 is 0 Å². The van der Waals surface area contributed by atoms with Crippen molar-refractivity contribution in [3.05, 3.63) is 35.9 Å². The quantitative estimate of drug-likeness (QED) is 0.630. The second kappa shape index (κ2) is 6.93. The molecule has 1 fully saturated rings. The highest BCUT2D eigenvalue weighted by Crippen LogP contribution is 2.31. The van der Waals surface area contributed by atoms with E-state index in [1.165, 1.54) is 0 Å². The average molecular weight is 314 g/mol. The second-order valence-electron chi connectivity index (χ2n) is 6.81. The number of carbonyl (C=O) groups excluding carboxylic acids is 2. The minimum atomic E-state index is -0.600. The van der Waals surface area contributed by atoms with Gasteiger partial charge in [0.2, 0.25) is 0 Å². The predicted molar refractivity (Wildman–Crippen MR) is 85.2 cm³/mol. The van der Waals surface area contributed by atoms with Crippen LogP contribution in [0.4, 0.5) is 0 Å². The van der Waals surface area contributed by atoms with E-state index in [4.69, 9.17) is 4.74 Å². The summed E-state index contributed by atoms with van der Waals surface area (Å²) in [5, 5.41) is 9.30. The molecular formula is C18H22N2O3. The monoisotopic (exact) mass is 314 g/mol. The zero-order valence-corrected chi connectivity index (χ0v) is 13.7. The van der Waals surface area contributed by atoms with Crippen molar-refractivity contribution in [3.63, 3.8) is 0 Å². The van der Waals surface area contributed by atoms with Gasteiger partial charge in [-0.1, -0.05) is 30.3 Å². The first-order chi connectivity index (χ1) is 10.9. The molecule has 1 aromatic carbocycles. The zero-order valence-electron chi connectivity index (χ0n) is 13.7. The summed E-state index contributed by atoms with van der Waals surface area (Å²) in [6.07, 6.45) is 1.09. The van der Waals surface area contributed by atoms with Gasteiger partial charge in [0.15, 0.2) is 0 Å². The van der Waals surface area contributed by atoms with E-state index < -0.39 is 23.6 Å². The molecule has 0 radical (unpaired) electrons. The van der Waals surface area contributed by atoms with Crippen molar-refractivity contribution in [2.24, 2.45) is 5.92 Å². The first-order valence-electron chi connectivity index (χ1n) is 7.73. The van der Waals surface area contributed by atoms with E-state index in [1.54, 1.807) is 25.7 Å². The topological polar surface area (TPSA) is 70.4 Å². The van der Waals surface area contributed by atoms with Crippen LogP contribution in [-0.2, 0) is 20.9 Å². The Labute approximate surface area is 136 Å². The molecule has 1 heterocycles. The standard InChI is InChI=1S/C18H22N2O3/c1-18(2,3)23-17(22)15-9-14(10-19)16(12-21)20(15)11-13-7-5-4-6-8-13/h4-8,12,14-16H,9,11H2,1-3H3/t14-,15+,16+/m0/s1. The molecule has 1 aliphatic rings. The molecule has 0 aliphatic carbocycles.